The Balaban J connectivity index is 2.34. The van der Waals surface area contributed by atoms with Crippen molar-refractivity contribution in [1.82, 2.24) is 0 Å². The van der Waals surface area contributed by atoms with Gasteiger partial charge in [-0.25, -0.2) is 0 Å². The molecule has 0 aliphatic carbocycles. The molecule has 0 aromatic heterocycles. The van der Waals surface area contributed by atoms with E-state index < -0.39 is 0 Å². The molecule has 1 rings (SSSR count). The van der Waals surface area contributed by atoms with Crippen LogP contribution in [0.1, 0.15) is 49.5 Å². The molecule has 0 saturated heterocycles. The van der Waals surface area contributed by atoms with Crippen LogP contribution < -0.4 is 0 Å². The molecule has 1 aromatic rings. The Bertz CT molecular complexity index is 340. The van der Waals surface area contributed by atoms with Gasteiger partial charge < -0.3 is 4.74 Å². The minimum atomic E-state index is 0.115. The first-order chi connectivity index (χ1) is 8.13. The molecular formula is C15H22O2. The largest absolute Gasteiger partial charge is 0.378 e. The van der Waals surface area contributed by atoms with Gasteiger partial charge in [0.25, 0.3) is 0 Å². The van der Waals surface area contributed by atoms with Crippen molar-refractivity contribution >= 4 is 5.78 Å². The van der Waals surface area contributed by atoms with E-state index in [1.54, 1.807) is 6.92 Å². The van der Waals surface area contributed by atoms with Crippen molar-refractivity contribution in [3.63, 3.8) is 0 Å². The fraction of sp³-hybridized carbons (Fsp3) is 0.533. The first kappa shape index (κ1) is 13.9. The summed E-state index contributed by atoms with van der Waals surface area (Å²) in [6.07, 6.45) is 3.53. The molecule has 0 amide bonds. The molecule has 0 radical (unpaired) electrons. The Hall–Kier alpha value is -1.15. The molecule has 2 nitrogen and oxygen atoms in total. The lowest BCUT2D eigenvalue weighted by molar-refractivity contribution is 0.0621. The lowest BCUT2D eigenvalue weighted by atomic mass is 10.1. The van der Waals surface area contributed by atoms with Crippen molar-refractivity contribution in [2.75, 3.05) is 6.61 Å². The highest BCUT2D eigenvalue weighted by atomic mass is 16.5. The number of ketones is 1. The van der Waals surface area contributed by atoms with E-state index in [2.05, 4.69) is 13.8 Å². The van der Waals surface area contributed by atoms with Crippen LogP contribution in [-0.4, -0.2) is 18.5 Å². The molecule has 2 heteroatoms. The summed E-state index contributed by atoms with van der Waals surface area (Å²) in [4.78, 5) is 11.1. The lowest BCUT2D eigenvalue weighted by Gasteiger charge is -2.11. The quantitative estimate of drug-likeness (QED) is 0.673. The number of hydrogen-bond acceptors (Lipinski definition) is 2. The molecule has 0 saturated carbocycles. The highest BCUT2D eigenvalue weighted by molar-refractivity contribution is 5.93. The van der Waals surface area contributed by atoms with Crippen molar-refractivity contribution in [1.29, 1.82) is 0 Å². The standard InChI is InChI=1S/C15H22O2/c1-4-5-12(2)17-11-10-14-6-8-15(9-7-14)13(3)16/h6-9,12H,4-5,10-11H2,1-3H3. The first-order valence-corrected chi connectivity index (χ1v) is 6.35. The average Bonchev–Trinajstić information content (AvgIpc) is 2.30. The zero-order valence-corrected chi connectivity index (χ0v) is 11.0. The van der Waals surface area contributed by atoms with Gasteiger partial charge in [-0.15, -0.1) is 0 Å². The Morgan fingerprint density at radius 2 is 1.94 bits per heavy atom. The molecule has 0 N–H and O–H groups in total. The third-order valence-electron chi connectivity index (χ3n) is 2.85. The normalized spacial score (nSPS) is 12.4. The maximum atomic E-state index is 11.1. The van der Waals surface area contributed by atoms with Gasteiger partial charge in [0.2, 0.25) is 0 Å². The average molecular weight is 234 g/mol. The van der Waals surface area contributed by atoms with Crippen molar-refractivity contribution < 1.29 is 9.53 Å². The van der Waals surface area contributed by atoms with Gasteiger partial charge in [0.15, 0.2) is 5.78 Å². The van der Waals surface area contributed by atoms with Gasteiger partial charge in [-0.2, -0.15) is 0 Å². The third kappa shape index (κ3) is 5.14. The topological polar surface area (TPSA) is 26.3 Å². The number of carbonyl (C=O) groups is 1. The van der Waals surface area contributed by atoms with Gasteiger partial charge in [0.1, 0.15) is 0 Å². The van der Waals surface area contributed by atoms with Gasteiger partial charge in [-0.1, -0.05) is 37.6 Å². The molecule has 17 heavy (non-hydrogen) atoms. The van der Waals surface area contributed by atoms with Crippen molar-refractivity contribution in [2.45, 2.75) is 46.1 Å². The number of carbonyl (C=O) groups excluding carboxylic acids is 1. The SMILES string of the molecule is CCCC(C)OCCc1ccc(C(C)=O)cc1. The molecule has 0 bridgehead atoms. The monoisotopic (exact) mass is 234 g/mol. The van der Waals surface area contributed by atoms with Gasteiger partial charge in [0, 0.05) is 5.56 Å². The highest BCUT2D eigenvalue weighted by Crippen LogP contribution is 2.07. The van der Waals surface area contributed by atoms with E-state index in [1.807, 2.05) is 24.3 Å². The molecule has 0 fully saturated rings. The minimum absolute atomic E-state index is 0.115. The minimum Gasteiger partial charge on any atom is -0.378 e. The molecule has 1 aromatic carbocycles. The van der Waals surface area contributed by atoms with E-state index >= 15 is 0 Å². The van der Waals surface area contributed by atoms with Crippen LogP contribution in [0.2, 0.25) is 0 Å². The molecule has 1 atom stereocenters. The molecule has 0 spiro atoms. The number of rotatable bonds is 7. The summed E-state index contributed by atoms with van der Waals surface area (Å²) < 4.78 is 5.70. The number of benzene rings is 1. The number of ether oxygens (including phenoxy) is 1. The fourth-order valence-corrected chi connectivity index (χ4v) is 1.77. The van der Waals surface area contributed by atoms with Crippen LogP contribution in [0.5, 0.6) is 0 Å². The van der Waals surface area contributed by atoms with Crippen LogP contribution in [0.3, 0.4) is 0 Å². The van der Waals surface area contributed by atoms with Gasteiger partial charge in [-0.05, 0) is 32.3 Å². The summed E-state index contributed by atoms with van der Waals surface area (Å²) in [5.74, 6) is 0.115. The van der Waals surface area contributed by atoms with E-state index in [9.17, 15) is 4.79 Å². The van der Waals surface area contributed by atoms with Crippen LogP contribution in [0.15, 0.2) is 24.3 Å². The Labute approximate surface area is 104 Å². The summed E-state index contributed by atoms with van der Waals surface area (Å²) in [5.41, 5.74) is 1.99. The lowest BCUT2D eigenvalue weighted by Crippen LogP contribution is -2.10. The Kier molecular flexibility index (Phi) is 5.92. The van der Waals surface area contributed by atoms with Crippen molar-refractivity contribution in [2.24, 2.45) is 0 Å². The molecule has 0 aliphatic rings. The molecular weight excluding hydrogens is 212 g/mol. The maximum Gasteiger partial charge on any atom is 0.159 e. The van der Waals surface area contributed by atoms with Crippen molar-refractivity contribution in [3.8, 4) is 0 Å². The summed E-state index contributed by atoms with van der Waals surface area (Å²) in [7, 11) is 0. The van der Waals surface area contributed by atoms with E-state index in [0.29, 0.717) is 6.10 Å². The van der Waals surface area contributed by atoms with Gasteiger partial charge in [0.05, 0.1) is 12.7 Å². The molecule has 1 unspecified atom stereocenters. The summed E-state index contributed by atoms with van der Waals surface area (Å²) in [6.45, 7) is 6.62. The Morgan fingerprint density at radius 3 is 2.47 bits per heavy atom. The third-order valence-corrected chi connectivity index (χ3v) is 2.85. The highest BCUT2D eigenvalue weighted by Gasteiger charge is 2.02. The summed E-state index contributed by atoms with van der Waals surface area (Å²) in [6, 6.07) is 7.77. The van der Waals surface area contributed by atoms with Crippen LogP contribution in [0.4, 0.5) is 0 Å². The molecule has 0 heterocycles. The second kappa shape index (κ2) is 7.23. The van der Waals surface area contributed by atoms with Gasteiger partial charge >= 0.3 is 0 Å². The molecule has 94 valence electrons. The first-order valence-electron chi connectivity index (χ1n) is 6.35. The van der Waals surface area contributed by atoms with Gasteiger partial charge in [-0.3, -0.25) is 4.79 Å². The van der Waals surface area contributed by atoms with Crippen LogP contribution >= 0.6 is 0 Å². The predicted octanol–water partition coefficient (Wildman–Crippen LogP) is 3.64. The maximum absolute atomic E-state index is 11.1. The zero-order valence-electron chi connectivity index (χ0n) is 11.0. The van der Waals surface area contributed by atoms with E-state index in [-0.39, 0.29) is 5.78 Å². The fourth-order valence-electron chi connectivity index (χ4n) is 1.77. The van der Waals surface area contributed by atoms with E-state index in [0.717, 1.165) is 31.4 Å². The van der Waals surface area contributed by atoms with E-state index in [1.165, 1.54) is 5.56 Å². The Morgan fingerprint density at radius 1 is 1.29 bits per heavy atom. The number of Topliss-reactive ketones (excluding diaryl/α,β-unsaturated/α-hetero) is 1. The second-order valence-corrected chi connectivity index (χ2v) is 4.47. The van der Waals surface area contributed by atoms with Crippen LogP contribution in [0.25, 0.3) is 0 Å². The van der Waals surface area contributed by atoms with Crippen molar-refractivity contribution in [3.05, 3.63) is 35.4 Å². The summed E-state index contributed by atoms with van der Waals surface area (Å²) >= 11 is 0. The number of hydrogen-bond donors (Lipinski definition) is 0. The molecule has 0 aliphatic heterocycles. The predicted molar refractivity (Wildman–Crippen MR) is 70.5 cm³/mol. The summed E-state index contributed by atoms with van der Waals surface area (Å²) in [5, 5.41) is 0. The van der Waals surface area contributed by atoms with Crippen LogP contribution in [-0.2, 0) is 11.2 Å². The zero-order chi connectivity index (χ0) is 12.7. The van der Waals surface area contributed by atoms with E-state index in [4.69, 9.17) is 4.74 Å². The van der Waals surface area contributed by atoms with Crippen LogP contribution in [0, 0.1) is 0 Å². The second-order valence-electron chi connectivity index (χ2n) is 4.47. The smallest absolute Gasteiger partial charge is 0.159 e.